The van der Waals surface area contributed by atoms with Gasteiger partial charge in [0.1, 0.15) is 11.8 Å². The van der Waals surface area contributed by atoms with Crippen LogP contribution in [0.25, 0.3) is 11.1 Å². The second-order valence-corrected chi connectivity index (χ2v) is 4.58. The van der Waals surface area contributed by atoms with Crippen molar-refractivity contribution < 1.29 is 14.6 Å². The number of ether oxygens (including phenoxy) is 1. The molecule has 112 valence electrons. The molecule has 0 aliphatic rings. The lowest BCUT2D eigenvalue weighted by molar-refractivity contribution is -0.138. The first-order valence-electron chi connectivity index (χ1n) is 6.32. The van der Waals surface area contributed by atoms with Gasteiger partial charge in [0, 0.05) is 0 Å². The van der Waals surface area contributed by atoms with E-state index in [9.17, 15) is 4.79 Å². The van der Waals surface area contributed by atoms with E-state index in [1.165, 1.54) is 0 Å². The molecular weight excluding hydrogens is 290 g/mol. The summed E-state index contributed by atoms with van der Waals surface area (Å²) in [4.78, 5) is 10.7. The van der Waals surface area contributed by atoms with Crippen LogP contribution in [0.15, 0.2) is 48.5 Å². The summed E-state index contributed by atoms with van der Waals surface area (Å²) < 4.78 is 5.20. The highest BCUT2D eigenvalue weighted by Crippen LogP contribution is 2.24. The van der Waals surface area contributed by atoms with Crippen LogP contribution in [0.5, 0.6) is 5.75 Å². The van der Waals surface area contributed by atoms with Crippen LogP contribution < -0.4 is 10.5 Å². The van der Waals surface area contributed by atoms with Crippen LogP contribution in [0.2, 0.25) is 0 Å². The molecule has 2 aromatic rings. The van der Waals surface area contributed by atoms with Crippen molar-refractivity contribution in [1.29, 1.82) is 0 Å². The first-order valence-corrected chi connectivity index (χ1v) is 6.32. The number of carboxylic acid groups (broad SMARTS) is 1. The molecule has 4 nitrogen and oxygen atoms in total. The largest absolute Gasteiger partial charge is 0.497 e. The summed E-state index contributed by atoms with van der Waals surface area (Å²) in [5.41, 5.74) is 8.53. The van der Waals surface area contributed by atoms with Crippen molar-refractivity contribution in [2.75, 3.05) is 7.11 Å². The van der Waals surface area contributed by atoms with Gasteiger partial charge < -0.3 is 15.6 Å². The average molecular weight is 308 g/mol. The van der Waals surface area contributed by atoms with Crippen molar-refractivity contribution in [3.63, 3.8) is 0 Å². The Bertz CT molecular complexity index is 599. The fraction of sp³-hybridized carbons (Fsp3) is 0.188. The quantitative estimate of drug-likeness (QED) is 0.891. The van der Waals surface area contributed by atoms with E-state index in [-0.39, 0.29) is 12.4 Å². The minimum Gasteiger partial charge on any atom is -0.497 e. The van der Waals surface area contributed by atoms with Crippen LogP contribution in [-0.4, -0.2) is 24.2 Å². The maximum absolute atomic E-state index is 10.7. The Labute approximate surface area is 130 Å². The fourth-order valence-corrected chi connectivity index (χ4v) is 1.98. The van der Waals surface area contributed by atoms with Crippen molar-refractivity contribution in [3.8, 4) is 16.9 Å². The van der Waals surface area contributed by atoms with Crippen LogP contribution in [0.1, 0.15) is 5.56 Å². The Morgan fingerprint density at radius 1 is 1.19 bits per heavy atom. The third kappa shape index (κ3) is 4.48. The number of rotatable bonds is 5. The summed E-state index contributed by atoms with van der Waals surface area (Å²) >= 11 is 0. The number of halogens is 1. The molecule has 2 aromatic carbocycles. The van der Waals surface area contributed by atoms with Crippen LogP contribution in [0, 0.1) is 0 Å². The standard InChI is InChI=1S/C16H17NO3.ClH/c1-20-14-4-2-3-13(10-14)12-7-5-11(6-8-12)9-15(17)16(18)19;/h2-8,10,15H,9,17H2,1H3,(H,18,19);1H/t15-;/m0./s1. The van der Waals surface area contributed by atoms with E-state index in [4.69, 9.17) is 15.6 Å². The van der Waals surface area contributed by atoms with Gasteiger partial charge in [-0.25, -0.2) is 0 Å². The molecule has 0 saturated heterocycles. The molecule has 0 heterocycles. The topological polar surface area (TPSA) is 72.5 Å². The molecule has 1 atom stereocenters. The molecule has 3 N–H and O–H groups in total. The van der Waals surface area contributed by atoms with E-state index < -0.39 is 12.0 Å². The number of nitrogens with two attached hydrogens (primary N) is 1. The number of benzene rings is 2. The Balaban J connectivity index is 0.00000220. The van der Waals surface area contributed by atoms with Crippen molar-refractivity contribution in [2.45, 2.75) is 12.5 Å². The van der Waals surface area contributed by atoms with Gasteiger partial charge in [-0.1, -0.05) is 36.4 Å². The van der Waals surface area contributed by atoms with Crippen LogP contribution in [0.3, 0.4) is 0 Å². The zero-order chi connectivity index (χ0) is 14.5. The Kier molecular flexibility index (Phi) is 6.21. The predicted molar refractivity (Wildman–Crippen MR) is 85.0 cm³/mol. The van der Waals surface area contributed by atoms with Crippen molar-refractivity contribution in [2.24, 2.45) is 5.73 Å². The van der Waals surface area contributed by atoms with Crippen molar-refractivity contribution in [1.82, 2.24) is 0 Å². The summed E-state index contributed by atoms with van der Waals surface area (Å²) in [6, 6.07) is 14.6. The molecule has 5 heteroatoms. The van der Waals surface area contributed by atoms with Gasteiger partial charge >= 0.3 is 5.97 Å². The van der Waals surface area contributed by atoms with E-state index in [1.54, 1.807) is 7.11 Å². The van der Waals surface area contributed by atoms with E-state index in [1.807, 2.05) is 48.5 Å². The van der Waals surface area contributed by atoms with Crippen molar-refractivity contribution in [3.05, 3.63) is 54.1 Å². The molecule has 0 aliphatic carbocycles. The maximum atomic E-state index is 10.7. The first kappa shape index (κ1) is 17.0. The molecule has 0 radical (unpaired) electrons. The lowest BCUT2D eigenvalue weighted by Crippen LogP contribution is -2.32. The first-order chi connectivity index (χ1) is 9.60. The van der Waals surface area contributed by atoms with Gasteiger partial charge in [-0.3, -0.25) is 4.79 Å². The molecule has 21 heavy (non-hydrogen) atoms. The van der Waals surface area contributed by atoms with Crippen LogP contribution in [0.4, 0.5) is 0 Å². The third-order valence-corrected chi connectivity index (χ3v) is 3.13. The van der Waals surface area contributed by atoms with Gasteiger partial charge in [-0.2, -0.15) is 0 Å². The van der Waals surface area contributed by atoms with Crippen LogP contribution >= 0.6 is 12.4 Å². The number of methoxy groups -OCH3 is 1. The molecule has 0 saturated carbocycles. The lowest BCUT2D eigenvalue weighted by atomic mass is 10.0. The number of carbonyl (C=O) groups is 1. The zero-order valence-corrected chi connectivity index (χ0v) is 12.5. The summed E-state index contributed by atoms with van der Waals surface area (Å²) in [5.74, 6) is -0.179. The molecule has 0 aromatic heterocycles. The number of hydrogen-bond donors (Lipinski definition) is 2. The molecule has 2 rings (SSSR count). The Hall–Kier alpha value is -2.04. The summed E-state index contributed by atoms with van der Waals surface area (Å²) in [6.07, 6.45) is 0.327. The lowest BCUT2D eigenvalue weighted by Gasteiger charge is -2.08. The number of aliphatic carboxylic acids is 1. The van der Waals surface area contributed by atoms with Crippen LogP contribution in [-0.2, 0) is 11.2 Å². The molecule has 0 unspecified atom stereocenters. The number of carboxylic acids is 1. The smallest absolute Gasteiger partial charge is 0.320 e. The summed E-state index contributed by atoms with van der Waals surface area (Å²) in [7, 11) is 1.63. The normalized spacial score (nSPS) is 11.3. The van der Waals surface area contributed by atoms with Gasteiger partial charge in [-0.15, -0.1) is 12.4 Å². The average Bonchev–Trinajstić information content (AvgIpc) is 2.48. The highest BCUT2D eigenvalue weighted by atomic mass is 35.5. The molecule has 0 aliphatic heterocycles. The highest BCUT2D eigenvalue weighted by molar-refractivity contribution is 5.85. The van der Waals surface area contributed by atoms with E-state index >= 15 is 0 Å². The SMILES string of the molecule is COc1cccc(-c2ccc(C[C@H](N)C(=O)O)cc2)c1.Cl. The Morgan fingerprint density at radius 2 is 1.86 bits per heavy atom. The van der Waals surface area contributed by atoms with Gasteiger partial charge in [0.05, 0.1) is 7.11 Å². The third-order valence-electron chi connectivity index (χ3n) is 3.13. The molecule has 0 spiro atoms. The minimum absolute atomic E-state index is 0. The van der Waals surface area contributed by atoms with E-state index in [0.717, 1.165) is 22.4 Å². The fourth-order valence-electron chi connectivity index (χ4n) is 1.98. The summed E-state index contributed by atoms with van der Waals surface area (Å²) in [5, 5.41) is 8.79. The maximum Gasteiger partial charge on any atom is 0.320 e. The molecule has 0 fully saturated rings. The van der Waals surface area contributed by atoms with Crippen molar-refractivity contribution >= 4 is 18.4 Å². The van der Waals surface area contributed by atoms with Gasteiger partial charge in [0.15, 0.2) is 0 Å². The monoisotopic (exact) mass is 307 g/mol. The number of hydrogen-bond acceptors (Lipinski definition) is 3. The molecule has 0 bridgehead atoms. The second kappa shape index (κ2) is 7.67. The minimum atomic E-state index is -0.984. The Morgan fingerprint density at radius 3 is 2.43 bits per heavy atom. The predicted octanol–water partition coefficient (Wildman–Crippen LogP) is 2.74. The second-order valence-electron chi connectivity index (χ2n) is 4.58. The molecule has 0 amide bonds. The van der Waals surface area contributed by atoms with E-state index in [2.05, 4.69) is 0 Å². The van der Waals surface area contributed by atoms with E-state index in [0.29, 0.717) is 6.42 Å². The summed E-state index contributed by atoms with van der Waals surface area (Å²) in [6.45, 7) is 0. The van der Waals surface area contributed by atoms with Gasteiger partial charge in [-0.05, 0) is 35.2 Å². The zero-order valence-electron chi connectivity index (χ0n) is 11.7. The highest BCUT2D eigenvalue weighted by Gasteiger charge is 2.11. The molecular formula is C16H18ClNO3. The van der Waals surface area contributed by atoms with Gasteiger partial charge in [0.25, 0.3) is 0 Å². The van der Waals surface area contributed by atoms with Gasteiger partial charge in [0.2, 0.25) is 0 Å².